The van der Waals surface area contributed by atoms with Crippen molar-refractivity contribution < 1.29 is 19.1 Å². The quantitative estimate of drug-likeness (QED) is 0.894. The third-order valence-corrected chi connectivity index (χ3v) is 2.44. The van der Waals surface area contributed by atoms with Gasteiger partial charge in [0.15, 0.2) is 5.76 Å². The number of benzene rings is 1. The van der Waals surface area contributed by atoms with E-state index in [2.05, 4.69) is 5.32 Å². The van der Waals surface area contributed by atoms with Gasteiger partial charge in [0.1, 0.15) is 0 Å². The topological polar surface area (TPSA) is 79.5 Å². The van der Waals surface area contributed by atoms with Crippen LogP contribution in [0.3, 0.4) is 0 Å². The molecule has 0 radical (unpaired) electrons. The molecule has 2 aromatic rings. The van der Waals surface area contributed by atoms with Crippen LogP contribution < -0.4 is 5.32 Å². The minimum Gasteiger partial charge on any atom is -0.478 e. The van der Waals surface area contributed by atoms with Crippen LogP contribution >= 0.6 is 11.6 Å². The molecule has 0 saturated heterocycles. The molecule has 0 aliphatic carbocycles. The maximum absolute atomic E-state index is 11.7. The highest BCUT2D eigenvalue weighted by Gasteiger charge is 2.15. The Kier molecular flexibility index (Phi) is 3.34. The molecule has 0 spiro atoms. The Balaban J connectivity index is 2.29. The van der Waals surface area contributed by atoms with E-state index in [9.17, 15) is 9.59 Å². The number of nitrogens with one attached hydrogen (secondary N) is 1. The lowest BCUT2D eigenvalue weighted by Crippen LogP contribution is -2.14. The van der Waals surface area contributed by atoms with Gasteiger partial charge < -0.3 is 14.8 Å². The lowest BCUT2D eigenvalue weighted by molar-refractivity contribution is 0.0698. The molecule has 1 heterocycles. The predicted octanol–water partition coefficient (Wildman–Crippen LogP) is 2.88. The van der Waals surface area contributed by atoms with Crippen LogP contribution in [-0.4, -0.2) is 17.0 Å². The first-order chi connectivity index (χ1) is 8.58. The van der Waals surface area contributed by atoms with Crippen molar-refractivity contribution in [3.8, 4) is 0 Å². The molecule has 0 fully saturated rings. The molecule has 1 amide bonds. The molecule has 2 N–H and O–H groups in total. The molecule has 1 aromatic carbocycles. The number of hydrogen-bond acceptors (Lipinski definition) is 3. The zero-order chi connectivity index (χ0) is 13.1. The number of halogens is 1. The van der Waals surface area contributed by atoms with Crippen molar-refractivity contribution in [2.45, 2.75) is 0 Å². The molecule has 18 heavy (non-hydrogen) atoms. The molecule has 92 valence electrons. The van der Waals surface area contributed by atoms with Crippen LogP contribution in [0.25, 0.3) is 0 Å². The van der Waals surface area contributed by atoms with Crippen LogP contribution in [-0.2, 0) is 0 Å². The van der Waals surface area contributed by atoms with Gasteiger partial charge in [-0.15, -0.1) is 0 Å². The molecular formula is C12H8ClNO4. The molecule has 0 unspecified atom stereocenters. The summed E-state index contributed by atoms with van der Waals surface area (Å²) in [6, 6.07) is 7.22. The molecule has 0 saturated carbocycles. The van der Waals surface area contributed by atoms with Gasteiger partial charge in [-0.2, -0.15) is 0 Å². The van der Waals surface area contributed by atoms with Gasteiger partial charge in [-0.1, -0.05) is 11.6 Å². The van der Waals surface area contributed by atoms with Crippen molar-refractivity contribution >= 4 is 29.2 Å². The van der Waals surface area contributed by atoms with Crippen LogP contribution in [0.5, 0.6) is 0 Å². The number of carbonyl (C=O) groups is 2. The van der Waals surface area contributed by atoms with E-state index in [0.29, 0.717) is 0 Å². The second-order valence-corrected chi connectivity index (χ2v) is 3.86. The highest BCUT2D eigenvalue weighted by atomic mass is 35.5. The molecule has 2 rings (SSSR count). The second-order valence-electron chi connectivity index (χ2n) is 3.43. The molecular weight excluding hydrogens is 258 g/mol. The SMILES string of the molecule is O=C(Nc1ccc(Cl)cc1C(=O)O)c1ccco1. The van der Waals surface area contributed by atoms with E-state index < -0.39 is 11.9 Å². The zero-order valence-electron chi connectivity index (χ0n) is 9.01. The smallest absolute Gasteiger partial charge is 0.337 e. The molecule has 5 nitrogen and oxygen atoms in total. The standard InChI is InChI=1S/C12H8ClNO4/c13-7-3-4-9(8(6-7)12(16)17)14-11(15)10-2-1-5-18-10/h1-6H,(H,14,15)(H,16,17). The first kappa shape index (κ1) is 12.2. The van der Waals surface area contributed by atoms with Gasteiger partial charge in [0.05, 0.1) is 17.5 Å². The van der Waals surface area contributed by atoms with Gasteiger partial charge >= 0.3 is 5.97 Å². The van der Waals surface area contributed by atoms with Crippen LogP contribution in [0.2, 0.25) is 5.02 Å². The normalized spacial score (nSPS) is 10.1. The summed E-state index contributed by atoms with van der Waals surface area (Å²) >= 11 is 5.70. The summed E-state index contributed by atoms with van der Waals surface area (Å²) in [6.07, 6.45) is 1.36. The van der Waals surface area contributed by atoms with Gasteiger partial charge in [0.25, 0.3) is 5.91 Å². The van der Waals surface area contributed by atoms with Crippen LogP contribution in [0.4, 0.5) is 5.69 Å². The first-order valence-electron chi connectivity index (χ1n) is 4.95. The number of hydrogen-bond donors (Lipinski definition) is 2. The Morgan fingerprint density at radius 2 is 2.06 bits per heavy atom. The molecule has 0 aliphatic heterocycles. The van der Waals surface area contributed by atoms with Crippen molar-refractivity contribution in [2.24, 2.45) is 0 Å². The fourth-order valence-electron chi connectivity index (χ4n) is 1.39. The zero-order valence-corrected chi connectivity index (χ0v) is 9.77. The van der Waals surface area contributed by atoms with Gasteiger partial charge in [0.2, 0.25) is 0 Å². The van der Waals surface area contributed by atoms with E-state index in [1.165, 1.54) is 30.5 Å². The maximum atomic E-state index is 11.7. The predicted molar refractivity (Wildman–Crippen MR) is 65.1 cm³/mol. The third kappa shape index (κ3) is 2.52. The third-order valence-electron chi connectivity index (χ3n) is 2.21. The average molecular weight is 266 g/mol. The summed E-state index contributed by atoms with van der Waals surface area (Å²) in [5.41, 5.74) is 0.0794. The Hall–Kier alpha value is -2.27. The lowest BCUT2D eigenvalue weighted by atomic mass is 10.1. The van der Waals surface area contributed by atoms with Gasteiger partial charge in [-0.05, 0) is 30.3 Å². The highest BCUT2D eigenvalue weighted by molar-refractivity contribution is 6.31. The van der Waals surface area contributed by atoms with Crippen molar-refractivity contribution in [2.75, 3.05) is 5.32 Å². The summed E-state index contributed by atoms with van der Waals surface area (Å²) in [5, 5.41) is 11.7. The van der Waals surface area contributed by atoms with E-state index >= 15 is 0 Å². The van der Waals surface area contributed by atoms with Gasteiger partial charge in [-0.25, -0.2) is 4.79 Å². The van der Waals surface area contributed by atoms with E-state index in [1.54, 1.807) is 6.07 Å². The fourth-order valence-corrected chi connectivity index (χ4v) is 1.57. The monoisotopic (exact) mass is 265 g/mol. The molecule has 6 heteroatoms. The minimum absolute atomic E-state index is 0.0811. The summed E-state index contributed by atoms with van der Waals surface area (Å²) < 4.78 is 4.91. The van der Waals surface area contributed by atoms with E-state index in [-0.39, 0.29) is 22.0 Å². The van der Waals surface area contributed by atoms with Gasteiger partial charge in [0, 0.05) is 5.02 Å². The summed E-state index contributed by atoms with van der Waals surface area (Å²) in [4.78, 5) is 22.7. The van der Waals surface area contributed by atoms with Crippen LogP contribution in [0, 0.1) is 0 Å². The van der Waals surface area contributed by atoms with Crippen molar-refractivity contribution in [3.63, 3.8) is 0 Å². The number of carboxylic acid groups (broad SMARTS) is 1. The number of amides is 1. The Labute approximate surface area is 107 Å². The van der Waals surface area contributed by atoms with E-state index in [0.717, 1.165) is 0 Å². The number of carboxylic acids is 1. The summed E-state index contributed by atoms with van der Waals surface area (Å²) in [7, 11) is 0. The Morgan fingerprint density at radius 1 is 1.28 bits per heavy atom. The maximum Gasteiger partial charge on any atom is 0.337 e. The molecule has 0 aliphatic rings. The minimum atomic E-state index is -1.17. The molecule has 1 aromatic heterocycles. The Bertz CT molecular complexity index is 592. The van der Waals surface area contributed by atoms with Crippen molar-refractivity contribution in [3.05, 3.63) is 52.9 Å². The van der Waals surface area contributed by atoms with Crippen molar-refractivity contribution in [1.82, 2.24) is 0 Å². The summed E-state index contributed by atoms with van der Waals surface area (Å²) in [6.45, 7) is 0. The fraction of sp³-hybridized carbons (Fsp3) is 0. The number of carbonyl (C=O) groups excluding carboxylic acids is 1. The molecule has 0 bridgehead atoms. The van der Waals surface area contributed by atoms with Crippen LogP contribution in [0.15, 0.2) is 41.0 Å². The highest BCUT2D eigenvalue weighted by Crippen LogP contribution is 2.21. The number of furan rings is 1. The number of anilines is 1. The van der Waals surface area contributed by atoms with Crippen molar-refractivity contribution in [1.29, 1.82) is 0 Å². The largest absolute Gasteiger partial charge is 0.478 e. The Morgan fingerprint density at radius 3 is 2.67 bits per heavy atom. The number of rotatable bonds is 3. The number of aromatic carboxylic acids is 1. The summed E-state index contributed by atoms with van der Waals surface area (Å²) in [5.74, 6) is -1.60. The van der Waals surface area contributed by atoms with Gasteiger partial charge in [-0.3, -0.25) is 4.79 Å². The van der Waals surface area contributed by atoms with E-state index in [4.69, 9.17) is 21.1 Å². The lowest BCUT2D eigenvalue weighted by Gasteiger charge is -2.07. The van der Waals surface area contributed by atoms with E-state index in [1.807, 2.05) is 0 Å². The first-order valence-corrected chi connectivity index (χ1v) is 5.33. The second kappa shape index (κ2) is 4.93. The average Bonchev–Trinajstić information content (AvgIpc) is 2.84. The van der Waals surface area contributed by atoms with Crippen LogP contribution in [0.1, 0.15) is 20.9 Å². The molecule has 0 atom stereocenters.